The van der Waals surface area contributed by atoms with Gasteiger partial charge in [-0.1, -0.05) is 29.4 Å². The molecule has 0 aliphatic heterocycles. The van der Waals surface area contributed by atoms with E-state index in [1.54, 1.807) is 24.3 Å². The maximum atomic E-state index is 12.8. The fourth-order valence-electron chi connectivity index (χ4n) is 2.59. The van der Waals surface area contributed by atoms with Crippen molar-refractivity contribution in [1.29, 1.82) is 0 Å². The predicted molar refractivity (Wildman–Crippen MR) is 113 cm³/mol. The molecule has 2 rings (SSSR count). The second kappa shape index (κ2) is 10.3. The van der Waals surface area contributed by atoms with Gasteiger partial charge in [0.25, 0.3) is 5.56 Å². The van der Waals surface area contributed by atoms with Crippen LogP contribution in [0.4, 0.5) is 0 Å². The van der Waals surface area contributed by atoms with Crippen molar-refractivity contribution >= 4 is 46.1 Å². The van der Waals surface area contributed by atoms with Crippen molar-refractivity contribution in [2.75, 3.05) is 25.4 Å². The number of nitrogens with one attached hydrogen (secondary N) is 1. The van der Waals surface area contributed by atoms with Gasteiger partial charge < -0.3 is 10.2 Å². The molecule has 0 atom stereocenters. The van der Waals surface area contributed by atoms with Crippen molar-refractivity contribution in [3.8, 4) is 0 Å². The number of halogens is 1. The van der Waals surface area contributed by atoms with E-state index < -0.39 is 0 Å². The van der Waals surface area contributed by atoms with Gasteiger partial charge in [0, 0.05) is 24.7 Å². The number of carbonyl (C=O) groups excluding carboxylic acids is 2. The summed E-state index contributed by atoms with van der Waals surface area (Å²) in [6.45, 7) is 8.52. The van der Waals surface area contributed by atoms with Crippen LogP contribution in [-0.4, -0.2) is 51.7 Å². The van der Waals surface area contributed by atoms with Crippen LogP contribution < -0.4 is 10.9 Å². The lowest BCUT2D eigenvalue weighted by atomic mass is 10.2. The highest BCUT2D eigenvalue weighted by Crippen LogP contribution is 2.20. The average molecular weight is 423 g/mol. The summed E-state index contributed by atoms with van der Waals surface area (Å²) in [6.07, 6.45) is 1.60. The van der Waals surface area contributed by atoms with Gasteiger partial charge >= 0.3 is 0 Å². The average Bonchev–Trinajstić information content (AvgIpc) is 2.67. The minimum Gasteiger partial charge on any atom is -0.355 e. The maximum Gasteiger partial charge on any atom is 0.262 e. The Kier molecular flexibility index (Phi) is 8.07. The number of hydrogen-bond donors (Lipinski definition) is 1. The molecule has 9 heteroatoms. The highest BCUT2D eigenvalue weighted by Gasteiger charge is 2.18. The summed E-state index contributed by atoms with van der Waals surface area (Å²) in [6, 6.07) is 4.92. The number of fused-ring (bicyclic) bond motifs is 1. The number of thioether (sulfide) groups is 1. The summed E-state index contributed by atoms with van der Waals surface area (Å²) in [5.41, 5.74) is 0.274. The number of hydrogen-bond acceptors (Lipinski definition) is 5. The molecule has 0 bridgehead atoms. The first kappa shape index (κ1) is 22.0. The second-order valence-corrected chi connectivity index (χ2v) is 7.29. The monoisotopic (exact) mass is 422 g/mol. The predicted octanol–water partition coefficient (Wildman–Crippen LogP) is 2.31. The first-order valence-corrected chi connectivity index (χ1v) is 10.3. The molecule has 1 aromatic heterocycles. The summed E-state index contributed by atoms with van der Waals surface area (Å²) in [5, 5.41) is 3.96. The molecule has 150 valence electrons. The third kappa shape index (κ3) is 5.36. The highest BCUT2D eigenvalue weighted by atomic mass is 35.5. The first-order chi connectivity index (χ1) is 13.4. The van der Waals surface area contributed by atoms with E-state index >= 15 is 0 Å². The Hall–Kier alpha value is -2.32. The van der Waals surface area contributed by atoms with Gasteiger partial charge in [0.15, 0.2) is 5.16 Å². The molecule has 0 saturated heterocycles. The molecular formula is C19H23ClN4O3S. The number of amides is 2. The summed E-state index contributed by atoms with van der Waals surface area (Å²) in [7, 11) is 0. The van der Waals surface area contributed by atoms with Crippen LogP contribution in [0.15, 0.2) is 40.8 Å². The summed E-state index contributed by atoms with van der Waals surface area (Å²) in [4.78, 5) is 43.1. The van der Waals surface area contributed by atoms with Crippen LogP contribution in [0.1, 0.15) is 13.8 Å². The topological polar surface area (TPSA) is 84.3 Å². The van der Waals surface area contributed by atoms with Crippen LogP contribution >= 0.6 is 23.4 Å². The van der Waals surface area contributed by atoms with E-state index in [2.05, 4.69) is 16.9 Å². The van der Waals surface area contributed by atoms with Crippen molar-refractivity contribution in [2.24, 2.45) is 0 Å². The van der Waals surface area contributed by atoms with E-state index in [9.17, 15) is 14.4 Å². The molecule has 1 N–H and O–H groups in total. The molecule has 1 aromatic carbocycles. The fraction of sp³-hybridized carbons (Fsp3) is 0.368. The van der Waals surface area contributed by atoms with Crippen LogP contribution in [0.3, 0.4) is 0 Å². The Morgan fingerprint density at radius 1 is 1.39 bits per heavy atom. The molecule has 28 heavy (non-hydrogen) atoms. The lowest BCUT2D eigenvalue weighted by Crippen LogP contribution is -2.41. The quantitative estimate of drug-likeness (QED) is 0.381. The minimum atomic E-state index is -0.239. The summed E-state index contributed by atoms with van der Waals surface area (Å²) < 4.78 is 1.46. The molecular weight excluding hydrogens is 400 g/mol. The molecule has 0 saturated carbocycles. The molecule has 2 amide bonds. The number of likely N-dealkylation sites (N-methyl/N-ethyl adjacent to an activating group) is 2. The van der Waals surface area contributed by atoms with Gasteiger partial charge in [-0.25, -0.2) is 4.98 Å². The number of carbonyl (C=O) groups is 2. The van der Waals surface area contributed by atoms with Crippen LogP contribution in [-0.2, 0) is 16.1 Å². The molecule has 7 nitrogen and oxygen atoms in total. The number of nitrogens with zero attached hydrogens (tertiary/aromatic N) is 3. The zero-order chi connectivity index (χ0) is 20.7. The third-order valence-corrected chi connectivity index (χ3v) is 5.16. The van der Waals surface area contributed by atoms with Crippen LogP contribution in [0, 0.1) is 0 Å². The number of aromatic nitrogens is 2. The summed E-state index contributed by atoms with van der Waals surface area (Å²) in [5.74, 6) is -0.336. The minimum absolute atomic E-state index is 0.00679. The fourth-order valence-corrected chi connectivity index (χ4v) is 3.68. The number of allylic oxidation sites excluding steroid dienone is 1. The molecule has 0 spiro atoms. The number of benzene rings is 1. The third-order valence-electron chi connectivity index (χ3n) is 3.96. The van der Waals surface area contributed by atoms with Crippen molar-refractivity contribution < 1.29 is 9.59 Å². The Labute approximate surface area is 172 Å². The maximum absolute atomic E-state index is 12.8. The van der Waals surface area contributed by atoms with Crippen LogP contribution in [0.25, 0.3) is 10.9 Å². The highest BCUT2D eigenvalue weighted by molar-refractivity contribution is 7.99. The Morgan fingerprint density at radius 3 is 2.79 bits per heavy atom. The van der Waals surface area contributed by atoms with Gasteiger partial charge in [-0.05, 0) is 32.0 Å². The summed E-state index contributed by atoms with van der Waals surface area (Å²) >= 11 is 7.15. The van der Waals surface area contributed by atoms with Gasteiger partial charge in [-0.2, -0.15) is 0 Å². The van der Waals surface area contributed by atoms with E-state index in [1.165, 1.54) is 9.47 Å². The first-order valence-electron chi connectivity index (χ1n) is 8.89. The molecule has 0 radical (unpaired) electrons. The zero-order valence-corrected chi connectivity index (χ0v) is 17.5. The van der Waals surface area contributed by atoms with Gasteiger partial charge in [0.1, 0.15) is 0 Å². The normalized spacial score (nSPS) is 10.7. The van der Waals surface area contributed by atoms with Crippen LogP contribution in [0.2, 0.25) is 5.02 Å². The Balaban J connectivity index is 2.25. The van der Waals surface area contributed by atoms with E-state index in [1.807, 2.05) is 13.8 Å². The molecule has 0 aliphatic rings. The lowest BCUT2D eigenvalue weighted by Gasteiger charge is -2.20. The molecule has 0 fully saturated rings. The number of rotatable bonds is 9. The van der Waals surface area contributed by atoms with Crippen molar-refractivity contribution in [2.45, 2.75) is 25.5 Å². The SMILES string of the molecule is C=CCn1c(SCC(=O)N(CC)CC(=O)NCC)nc2ccc(Cl)cc2c1=O. The van der Waals surface area contributed by atoms with Crippen molar-refractivity contribution in [1.82, 2.24) is 19.8 Å². The van der Waals surface area contributed by atoms with E-state index in [-0.39, 0.29) is 36.2 Å². The molecule has 1 heterocycles. The van der Waals surface area contributed by atoms with E-state index in [0.717, 1.165) is 11.8 Å². The second-order valence-electron chi connectivity index (χ2n) is 5.91. The van der Waals surface area contributed by atoms with Crippen LogP contribution in [0.5, 0.6) is 0 Å². The smallest absolute Gasteiger partial charge is 0.262 e. The van der Waals surface area contributed by atoms with Gasteiger partial charge in [-0.3, -0.25) is 19.0 Å². The Bertz CT molecular complexity index is 945. The Morgan fingerprint density at radius 2 is 2.14 bits per heavy atom. The van der Waals surface area contributed by atoms with Gasteiger partial charge in [-0.15, -0.1) is 6.58 Å². The van der Waals surface area contributed by atoms with Crippen molar-refractivity contribution in [3.05, 3.63) is 46.2 Å². The molecule has 2 aromatic rings. The van der Waals surface area contributed by atoms with E-state index in [4.69, 9.17) is 11.6 Å². The standard InChI is InChI=1S/C19H23ClN4O3S/c1-4-9-24-18(27)14-10-13(20)7-8-15(14)22-19(24)28-12-17(26)23(6-3)11-16(25)21-5-2/h4,7-8,10H,1,5-6,9,11-12H2,2-3H3,(H,21,25). The van der Waals surface area contributed by atoms with Crippen molar-refractivity contribution in [3.63, 3.8) is 0 Å². The zero-order valence-electron chi connectivity index (χ0n) is 15.9. The lowest BCUT2D eigenvalue weighted by molar-refractivity contribution is -0.133. The van der Waals surface area contributed by atoms with E-state index in [0.29, 0.717) is 34.2 Å². The van der Waals surface area contributed by atoms with Gasteiger partial charge in [0.05, 0.1) is 23.2 Å². The molecule has 0 aliphatic carbocycles. The van der Waals surface area contributed by atoms with Gasteiger partial charge in [0.2, 0.25) is 11.8 Å². The molecule has 0 unspecified atom stereocenters. The largest absolute Gasteiger partial charge is 0.355 e.